The van der Waals surface area contributed by atoms with Crippen LogP contribution < -0.4 is 11.5 Å². The lowest BCUT2D eigenvalue weighted by molar-refractivity contribution is -0.138. The summed E-state index contributed by atoms with van der Waals surface area (Å²) in [5.74, 6) is -0.979. The van der Waals surface area contributed by atoms with Crippen molar-refractivity contribution in [2.45, 2.75) is 19.0 Å². The van der Waals surface area contributed by atoms with Crippen LogP contribution in [0.25, 0.3) is 0 Å². The molecule has 1 atom stereocenters. The van der Waals surface area contributed by atoms with E-state index in [9.17, 15) is 4.79 Å². The predicted octanol–water partition coefficient (Wildman–Crippen LogP) is 0.943. The third-order valence-electron chi connectivity index (χ3n) is 2.03. The number of aliphatic carboxylic acids is 1. The average Bonchev–Trinajstić information content (AvgIpc) is 2.19. The van der Waals surface area contributed by atoms with E-state index in [2.05, 4.69) is 0 Å². The lowest BCUT2D eigenvalue weighted by Crippen LogP contribution is -2.32. The van der Waals surface area contributed by atoms with Crippen LogP contribution in [0.15, 0.2) is 24.3 Å². The minimum absolute atomic E-state index is 0. The first-order valence-corrected chi connectivity index (χ1v) is 4.39. The first-order valence-electron chi connectivity index (χ1n) is 4.39. The van der Waals surface area contributed by atoms with Crippen molar-refractivity contribution in [1.29, 1.82) is 0 Å². The SMILES string of the molecule is Cl.Cl.NCc1ccc(C[C@@H](N)C(=O)O)cc1. The highest BCUT2D eigenvalue weighted by molar-refractivity contribution is 5.85. The van der Waals surface area contributed by atoms with Gasteiger partial charge in [-0.3, -0.25) is 4.79 Å². The number of carbonyl (C=O) groups is 1. The van der Waals surface area contributed by atoms with Gasteiger partial charge in [0.15, 0.2) is 0 Å². The summed E-state index contributed by atoms with van der Waals surface area (Å²) in [7, 11) is 0. The molecule has 0 aromatic heterocycles. The number of hydrogen-bond donors (Lipinski definition) is 3. The molecule has 0 aliphatic heterocycles. The fourth-order valence-corrected chi connectivity index (χ4v) is 1.15. The van der Waals surface area contributed by atoms with Gasteiger partial charge in [-0.15, -0.1) is 24.8 Å². The van der Waals surface area contributed by atoms with E-state index >= 15 is 0 Å². The first-order chi connectivity index (χ1) is 6.63. The number of rotatable bonds is 4. The molecule has 16 heavy (non-hydrogen) atoms. The van der Waals surface area contributed by atoms with Gasteiger partial charge in [0.2, 0.25) is 0 Å². The summed E-state index contributed by atoms with van der Waals surface area (Å²) < 4.78 is 0. The molecule has 1 aromatic carbocycles. The van der Waals surface area contributed by atoms with Crippen molar-refractivity contribution in [3.05, 3.63) is 35.4 Å². The second kappa shape index (κ2) is 8.35. The molecule has 0 bridgehead atoms. The van der Waals surface area contributed by atoms with Gasteiger partial charge in [0.05, 0.1) is 0 Å². The Labute approximate surface area is 107 Å². The summed E-state index contributed by atoms with van der Waals surface area (Å²) in [5, 5.41) is 8.60. The standard InChI is InChI=1S/C10H14N2O2.2ClH/c11-6-8-3-1-7(2-4-8)5-9(12)10(13)14;;/h1-4,9H,5-6,11-12H2,(H,13,14);2*1H/t9-;;/m1../s1. The van der Waals surface area contributed by atoms with E-state index in [0.29, 0.717) is 13.0 Å². The van der Waals surface area contributed by atoms with Crippen LogP contribution in [0.5, 0.6) is 0 Å². The fraction of sp³-hybridized carbons (Fsp3) is 0.300. The highest BCUT2D eigenvalue weighted by Gasteiger charge is 2.11. The molecular formula is C10H16Cl2N2O2. The topological polar surface area (TPSA) is 89.3 Å². The number of halogens is 2. The summed E-state index contributed by atoms with van der Waals surface area (Å²) in [6.07, 6.45) is 0.347. The minimum Gasteiger partial charge on any atom is -0.480 e. The van der Waals surface area contributed by atoms with Gasteiger partial charge in [-0.2, -0.15) is 0 Å². The zero-order valence-electron chi connectivity index (χ0n) is 8.63. The molecule has 1 rings (SSSR count). The third kappa shape index (κ3) is 5.32. The molecule has 0 heterocycles. The summed E-state index contributed by atoms with van der Waals surface area (Å²) in [4.78, 5) is 10.5. The number of carboxylic acids is 1. The van der Waals surface area contributed by atoms with Crippen molar-refractivity contribution in [3.8, 4) is 0 Å². The fourth-order valence-electron chi connectivity index (χ4n) is 1.15. The van der Waals surface area contributed by atoms with E-state index in [1.807, 2.05) is 24.3 Å². The van der Waals surface area contributed by atoms with E-state index in [-0.39, 0.29) is 24.8 Å². The van der Waals surface area contributed by atoms with Gasteiger partial charge >= 0.3 is 5.97 Å². The van der Waals surface area contributed by atoms with Crippen molar-refractivity contribution >= 4 is 30.8 Å². The van der Waals surface area contributed by atoms with E-state index in [1.165, 1.54) is 0 Å². The van der Waals surface area contributed by atoms with Gasteiger partial charge in [-0.1, -0.05) is 24.3 Å². The van der Waals surface area contributed by atoms with Crippen molar-refractivity contribution in [2.24, 2.45) is 11.5 Å². The van der Waals surface area contributed by atoms with Crippen LogP contribution >= 0.6 is 24.8 Å². The maximum Gasteiger partial charge on any atom is 0.320 e. The van der Waals surface area contributed by atoms with Crippen LogP contribution in [-0.4, -0.2) is 17.1 Å². The maximum absolute atomic E-state index is 10.5. The maximum atomic E-state index is 10.5. The minimum atomic E-state index is -0.979. The van der Waals surface area contributed by atoms with Gasteiger partial charge in [0.1, 0.15) is 6.04 Å². The number of benzene rings is 1. The van der Waals surface area contributed by atoms with Crippen LogP contribution in [0.3, 0.4) is 0 Å². The first kappa shape index (κ1) is 17.6. The Bertz CT molecular complexity index is 317. The van der Waals surface area contributed by atoms with Crippen LogP contribution in [0.2, 0.25) is 0 Å². The second-order valence-corrected chi connectivity index (χ2v) is 3.17. The van der Waals surface area contributed by atoms with Gasteiger partial charge in [-0.25, -0.2) is 0 Å². The van der Waals surface area contributed by atoms with E-state index in [0.717, 1.165) is 11.1 Å². The van der Waals surface area contributed by atoms with E-state index in [1.54, 1.807) is 0 Å². The van der Waals surface area contributed by atoms with Crippen LogP contribution in [0, 0.1) is 0 Å². The number of carboxylic acid groups (broad SMARTS) is 1. The zero-order chi connectivity index (χ0) is 10.6. The molecule has 0 aliphatic carbocycles. The number of nitrogens with two attached hydrogens (primary N) is 2. The van der Waals surface area contributed by atoms with Crippen molar-refractivity contribution < 1.29 is 9.90 Å². The van der Waals surface area contributed by atoms with Gasteiger partial charge in [-0.05, 0) is 17.5 Å². The van der Waals surface area contributed by atoms with Crippen LogP contribution in [0.1, 0.15) is 11.1 Å². The zero-order valence-corrected chi connectivity index (χ0v) is 10.3. The molecule has 6 heteroatoms. The normalized spacial score (nSPS) is 10.9. The average molecular weight is 267 g/mol. The smallest absolute Gasteiger partial charge is 0.320 e. The van der Waals surface area contributed by atoms with E-state index < -0.39 is 12.0 Å². The Morgan fingerprint density at radius 1 is 1.19 bits per heavy atom. The molecule has 0 saturated carbocycles. The van der Waals surface area contributed by atoms with Gasteiger partial charge in [0.25, 0.3) is 0 Å². The molecule has 92 valence electrons. The Morgan fingerprint density at radius 2 is 1.62 bits per heavy atom. The quantitative estimate of drug-likeness (QED) is 0.757. The summed E-state index contributed by atoms with van der Waals surface area (Å²) in [6, 6.07) is 6.63. The summed E-state index contributed by atoms with van der Waals surface area (Å²) in [5.41, 5.74) is 12.8. The van der Waals surface area contributed by atoms with Crippen LogP contribution in [-0.2, 0) is 17.8 Å². The van der Waals surface area contributed by atoms with Crippen LogP contribution in [0.4, 0.5) is 0 Å². The largest absolute Gasteiger partial charge is 0.480 e. The molecule has 0 amide bonds. The summed E-state index contributed by atoms with van der Waals surface area (Å²) >= 11 is 0. The van der Waals surface area contributed by atoms with Crippen molar-refractivity contribution in [1.82, 2.24) is 0 Å². The Morgan fingerprint density at radius 3 is 2.00 bits per heavy atom. The lowest BCUT2D eigenvalue weighted by Gasteiger charge is -2.06. The molecule has 0 fully saturated rings. The molecule has 0 radical (unpaired) electrons. The van der Waals surface area contributed by atoms with Gasteiger partial charge in [0, 0.05) is 6.54 Å². The van der Waals surface area contributed by atoms with Gasteiger partial charge < -0.3 is 16.6 Å². The van der Waals surface area contributed by atoms with E-state index in [4.69, 9.17) is 16.6 Å². The predicted molar refractivity (Wildman–Crippen MR) is 68.1 cm³/mol. The highest BCUT2D eigenvalue weighted by atomic mass is 35.5. The Balaban J connectivity index is 0. The van der Waals surface area contributed by atoms with Crippen molar-refractivity contribution in [2.75, 3.05) is 0 Å². The summed E-state index contributed by atoms with van der Waals surface area (Å²) in [6.45, 7) is 0.491. The molecule has 0 spiro atoms. The highest BCUT2D eigenvalue weighted by Crippen LogP contribution is 2.05. The molecule has 5 N–H and O–H groups in total. The Hall–Kier alpha value is -0.810. The number of hydrogen-bond acceptors (Lipinski definition) is 3. The Kier molecular flexibility index (Phi) is 9.18. The molecule has 0 unspecified atom stereocenters. The molecule has 0 saturated heterocycles. The lowest BCUT2D eigenvalue weighted by atomic mass is 10.0. The third-order valence-corrected chi connectivity index (χ3v) is 2.03. The second-order valence-electron chi connectivity index (χ2n) is 3.17. The monoisotopic (exact) mass is 266 g/mol. The van der Waals surface area contributed by atoms with Crippen molar-refractivity contribution in [3.63, 3.8) is 0 Å². The molecule has 4 nitrogen and oxygen atoms in total. The molecule has 1 aromatic rings. The molecule has 0 aliphatic rings. The molecular weight excluding hydrogens is 251 g/mol.